The largest absolute Gasteiger partial charge is 0.382 e. The average molecular weight is 286 g/mol. The van der Waals surface area contributed by atoms with E-state index in [1.807, 2.05) is 13.8 Å². The van der Waals surface area contributed by atoms with Gasteiger partial charge >= 0.3 is 0 Å². The summed E-state index contributed by atoms with van der Waals surface area (Å²) in [4.78, 5) is 17.9. The minimum absolute atomic E-state index is 0.0387. The molecule has 1 aliphatic heterocycles. The van der Waals surface area contributed by atoms with Gasteiger partial charge in [0.25, 0.3) is 0 Å². The number of carbonyl (C=O) groups excluding carboxylic acids is 1. The Bertz CT molecular complexity index is 332. The predicted molar refractivity (Wildman–Crippen MR) is 77.8 cm³/mol. The number of morpholine rings is 1. The van der Waals surface area contributed by atoms with Crippen LogP contribution in [0.4, 0.5) is 0 Å². The van der Waals surface area contributed by atoms with E-state index in [2.05, 4.69) is 20.5 Å². The SMILES string of the molecule is CN=C(NCC(=O)NC(C)C)N1CCOC(COC)C1. The summed E-state index contributed by atoms with van der Waals surface area (Å²) in [5.74, 6) is 0.677. The van der Waals surface area contributed by atoms with E-state index in [1.54, 1.807) is 14.2 Å². The highest BCUT2D eigenvalue weighted by atomic mass is 16.5. The molecular formula is C13H26N4O3. The lowest BCUT2D eigenvalue weighted by Crippen LogP contribution is -2.53. The maximum absolute atomic E-state index is 11.6. The molecule has 0 aromatic rings. The third-order valence-electron chi connectivity index (χ3n) is 2.86. The number of nitrogens with zero attached hydrogens (tertiary/aromatic N) is 2. The Morgan fingerprint density at radius 1 is 1.55 bits per heavy atom. The molecule has 1 unspecified atom stereocenters. The highest BCUT2D eigenvalue weighted by Gasteiger charge is 2.22. The van der Waals surface area contributed by atoms with E-state index >= 15 is 0 Å². The second-order valence-corrected chi connectivity index (χ2v) is 5.02. The third kappa shape index (κ3) is 5.75. The Balaban J connectivity index is 2.43. The molecule has 1 rings (SSSR count). The van der Waals surface area contributed by atoms with Crippen molar-refractivity contribution < 1.29 is 14.3 Å². The Morgan fingerprint density at radius 2 is 2.30 bits per heavy atom. The molecule has 0 spiro atoms. The van der Waals surface area contributed by atoms with E-state index in [-0.39, 0.29) is 24.6 Å². The number of ether oxygens (including phenoxy) is 2. The number of nitrogens with one attached hydrogen (secondary N) is 2. The Hall–Kier alpha value is -1.34. The molecule has 0 aliphatic carbocycles. The van der Waals surface area contributed by atoms with E-state index in [1.165, 1.54) is 0 Å². The third-order valence-corrected chi connectivity index (χ3v) is 2.86. The standard InChI is InChI=1S/C13H26N4O3/c1-10(2)16-12(18)7-15-13(14-3)17-5-6-20-11(8-17)9-19-4/h10-11H,5-9H2,1-4H3,(H,14,15)(H,16,18). The number of guanidine groups is 1. The zero-order chi connectivity index (χ0) is 15.0. The van der Waals surface area contributed by atoms with Gasteiger partial charge in [-0.15, -0.1) is 0 Å². The number of amides is 1. The second kappa shape index (κ2) is 8.76. The van der Waals surface area contributed by atoms with Crippen molar-refractivity contribution in [1.82, 2.24) is 15.5 Å². The fraction of sp³-hybridized carbons (Fsp3) is 0.846. The van der Waals surface area contributed by atoms with Crippen LogP contribution >= 0.6 is 0 Å². The number of hydrogen-bond acceptors (Lipinski definition) is 4. The number of methoxy groups -OCH3 is 1. The summed E-state index contributed by atoms with van der Waals surface area (Å²) in [6.07, 6.45) is 0.0387. The summed E-state index contributed by atoms with van der Waals surface area (Å²) in [6, 6.07) is 0.140. The van der Waals surface area contributed by atoms with Gasteiger partial charge in [0.15, 0.2) is 5.96 Å². The van der Waals surface area contributed by atoms with Gasteiger partial charge in [-0.3, -0.25) is 9.79 Å². The van der Waals surface area contributed by atoms with Crippen LogP contribution in [0.1, 0.15) is 13.8 Å². The fourth-order valence-electron chi connectivity index (χ4n) is 2.06. The first-order valence-corrected chi connectivity index (χ1v) is 6.92. The fourth-order valence-corrected chi connectivity index (χ4v) is 2.06. The molecule has 0 aromatic heterocycles. The average Bonchev–Trinajstić information content (AvgIpc) is 2.39. The molecule has 0 saturated carbocycles. The highest BCUT2D eigenvalue weighted by Crippen LogP contribution is 2.05. The molecule has 116 valence electrons. The minimum Gasteiger partial charge on any atom is -0.382 e. The van der Waals surface area contributed by atoms with Gasteiger partial charge < -0.3 is 25.0 Å². The second-order valence-electron chi connectivity index (χ2n) is 5.02. The van der Waals surface area contributed by atoms with Gasteiger partial charge in [-0.05, 0) is 13.8 Å². The van der Waals surface area contributed by atoms with E-state index in [4.69, 9.17) is 9.47 Å². The minimum atomic E-state index is -0.0390. The van der Waals surface area contributed by atoms with Crippen molar-refractivity contribution in [3.63, 3.8) is 0 Å². The molecular weight excluding hydrogens is 260 g/mol. The zero-order valence-electron chi connectivity index (χ0n) is 12.8. The lowest BCUT2D eigenvalue weighted by atomic mass is 10.3. The van der Waals surface area contributed by atoms with E-state index < -0.39 is 0 Å². The molecule has 1 fully saturated rings. The summed E-state index contributed by atoms with van der Waals surface area (Å²) in [6.45, 7) is 6.74. The zero-order valence-corrected chi connectivity index (χ0v) is 12.8. The first kappa shape index (κ1) is 16.7. The molecule has 0 radical (unpaired) electrons. The van der Waals surface area contributed by atoms with Gasteiger partial charge in [0.1, 0.15) is 0 Å². The molecule has 0 aromatic carbocycles. The van der Waals surface area contributed by atoms with Crippen LogP contribution in [-0.4, -0.2) is 75.9 Å². The molecule has 1 saturated heterocycles. The molecule has 20 heavy (non-hydrogen) atoms. The molecule has 1 amide bonds. The van der Waals surface area contributed by atoms with Crippen LogP contribution in [0, 0.1) is 0 Å². The van der Waals surface area contributed by atoms with Crippen LogP contribution in [0.3, 0.4) is 0 Å². The monoisotopic (exact) mass is 286 g/mol. The van der Waals surface area contributed by atoms with Crippen molar-refractivity contribution in [3.05, 3.63) is 0 Å². The van der Waals surface area contributed by atoms with Crippen molar-refractivity contribution in [2.24, 2.45) is 4.99 Å². The maximum Gasteiger partial charge on any atom is 0.239 e. The van der Waals surface area contributed by atoms with Gasteiger partial charge in [0.05, 0.1) is 25.9 Å². The smallest absolute Gasteiger partial charge is 0.239 e. The maximum atomic E-state index is 11.6. The van der Waals surface area contributed by atoms with Gasteiger partial charge in [-0.25, -0.2) is 0 Å². The molecule has 1 aliphatic rings. The Labute approximate surface area is 120 Å². The lowest BCUT2D eigenvalue weighted by molar-refractivity contribution is -0.120. The van der Waals surface area contributed by atoms with Crippen LogP contribution in [0.15, 0.2) is 4.99 Å². The Morgan fingerprint density at radius 3 is 2.90 bits per heavy atom. The van der Waals surface area contributed by atoms with Crippen molar-refractivity contribution in [3.8, 4) is 0 Å². The lowest BCUT2D eigenvalue weighted by Gasteiger charge is -2.34. The van der Waals surface area contributed by atoms with Crippen molar-refractivity contribution in [1.29, 1.82) is 0 Å². The number of rotatable bonds is 5. The van der Waals surface area contributed by atoms with Crippen LogP contribution in [0.5, 0.6) is 0 Å². The summed E-state index contributed by atoms with van der Waals surface area (Å²) >= 11 is 0. The summed E-state index contributed by atoms with van der Waals surface area (Å²) in [5.41, 5.74) is 0. The van der Waals surface area contributed by atoms with Crippen LogP contribution in [0.2, 0.25) is 0 Å². The quantitative estimate of drug-likeness (QED) is 0.523. The summed E-state index contributed by atoms with van der Waals surface area (Å²) in [5, 5.41) is 5.91. The molecule has 1 atom stereocenters. The molecule has 7 heteroatoms. The predicted octanol–water partition coefficient (Wildman–Crippen LogP) is -0.566. The molecule has 1 heterocycles. The first-order valence-electron chi connectivity index (χ1n) is 6.92. The van der Waals surface area contributed by atoms with Crippen LogP contribution < -0.4 is 10.6 Å². The van der Waals surface area contributed by atoms with Crippen molar-refractivity contribution >= 4 is 11.9 Å². The van der Waals surface area contributed by atoms with E-state index in [0.717, 1.165) is 6.54 Å². The highest BCUT2D eigenvalue weighted by molar-refractivity contribution is 5.86. The molecule has 2 N–H and O–H groups in total. The topological polar surface area (TPSA) is 75.2 Å². The van der Waals surface area contributed by atoms with Crippen LogP contribution in [-0.2, 0) is 14.3 Å². The summed E-state index contributed by atoms with van der Waals surface area (Å²) < 4.78 is 10.7. The molecule has 7 nitrogen and oxygen atoms in total. The van der Waals surface area contributed by atoms with Gasteiger partial charge in [0.2, 0.25) is 5.91 Å². The summed E-state index contributed by atoms with van der Waals surface area (Å²) in [7, 11) is 3.37. The molecule has 0 bridgehead atoms. The van der Waals surface area contributed by atoms with E-state index in [0.29, 0.717) is 25.7 Å². The number of aliphatic imine (C=N–C) groups is 1. The van der Waals surface area contributed by atoms with E-state index in [9.17, 15) is 4.79 Å². The number of carbonyl (C=O) groups is 1. The first-order chi connectivity index (χ1) is 9.56. The van der Waals surface area contributed by atoms with Crippen molar-refractivity contribution in [2.45, 2.75) is 26.0 Å². The van der Waals surface area contributed by atoms with Gasteiger partial charge in [0, 0.05) is 33.3 Å². The normalized spacial score (nSPS) is 20.1. The number of hydrogen-bond donors (Lipinski definition) is 2. The van der Waals surface area contributed by atoms with Gasteiger partial charge in [-0.1, -0.05) is 0 Å². The van der Waals surface area contributed by atoms with Crippen molar-refractivity contribution in [2.75, 3.05) is 47.0 Å². The van der Waals surface area contributed by atoms with Gasteiger partial charge in [-0.2, -0.15) is 0 Å². The van der Waals surface area contributed by atoms with Crippen LogP contribution in [0.25, 0.3) is 0 Å². The Kier molecular flexibility index (Phi) is 7.32.